The molecule has 0 aromatic heterocycles. The van der Waals surface area contributed by atoms with Gasteiger partial charge in [-0.15, -0.1) is 0 Å². The van der Waals surface area contributed by atoms with Crippen molar-refractivity contribution in [1.29, 1.82) is 0 Å². The first-order chi connectivity index (χ1) is 7.70. The number of anilines is 2. The molecule has 3 N–H and O–H groups in total. The Morgan fingerprint density at radius 1 is 1.29 bits per heavy atom. The van der Waals surface area contributed by atoms with Crippen LogP contribution in [0.5, 0.6) is 0 Å². The summed E-state index contributed by atoms with van der Waals surface area (Å²) >= 11 is 0. The quantitative estimate of drug-likeness (QED) is 0.772. The summed E-state index contributed by atoms with van der Waals surface area (Å²) in [5.74, 6) is -0.0426. The van der Waals surface area contributed by atoms with Crippen molar-refractivity contribution in [3.63, 3.8) is 0 Å². The third kappa shape index (κ3) is 3.66. The Balaban J connectivity index is 2.98. The first-order valence-electron chi connectivity index (χ1n) is 5.60. The first kappa shape index (κ1) is 13.4. The smallest absolute Gasteiger partial charge is 0.253 e. The molecular formula is C13H21N3O. The largest absolute Gasteiger partial charge is 0.397 e. The summed E-state index contributed by atoms with van der Waals surface area (Å²) in [5.41, 5.74) is 7.93. The normalized spacial score (nSPS) is 11.1. The van der Waals surface area contributed by atoms with Crippen LogP contribution in [-0.4, -0.2) is 30.4 Å². The molecular weight excluding hydrogens is 214 g/mol. The summed E-state index contributed by atoms with van der Waals surface area (Å²) in [6.45, 7) is 6.18. The van der Waals surface area contributed by atoms with Gasteiger partial charge in [-0.2, -0.15) is 0 Å². The van der Waals surface area contributed by atoms with Gasteiger partial charge in [0, 0.05) is 25.2 Å². The second kappa shape index (κ2) is 4.65. The fraction of sp³-hybridized carbons (Fsp3) is 0.462. The van der Waals surface area contributed by atoms with Gasteiger partial charge in [0.25, 0.3) is 5.91 Å². The van der Waals surface area contributed by atoms with E-state index in [9.17, 15) is 4.79 Å². The average Bonchev–Trinajstić information content (AvgIpc) is 2.18. The molecule has 0 radical (unpaired) electrons. The van der Waals surface area contributed by atoms with Crippen molar-refractivity contribution >= 4 is 17.3 Å². The van der Waals surface area contributed by atoms with E-state index in [4.69, 9.17) is 5.73 Å². The molecule has 0 saturated heterocycles. The van der Waals surface area contributed by atoms with E-state index in [1.54, 1.807) is 26.2 Å². The molecule has 94 valence electrons. The summed E-state index contributed by atoms with van der Waals surface area (Å²) in [5, 5.41) is 3.29. The lowest BCUT2D eigenvalue weighted by Gasteiger charge is -2.23. The zero-order chi connectivity index (χ0) is 13.2. The lowest BCUT2D eigenvalue weighted by molar-refractivity contribution is 0.0827. The van der Waals surface area contributed by atoms with Crippen LogP contribution >= 0.6 is 0 Å². The van der Waals surface area contributed by atoms with Crippen molar-refractivity contribution < 1.29 is 4.79 Å². The molecule has 0 fully saturated rings. The van der Waals surface area contributed by atoms with Crippen LogP contribution in [0.4, 0.5) is 11.4 Å². The molecule has 0 aliphatic carbocycles. The molecule has 1 amide bonds. The molecule has 1 rings (SSSR count). The average molecular weight is 235 g/mol. The van der Waals surface area contributed by atoms with E-state index in [0.717, 1.165) is 5.69 Å². The number of carbonyl (C=O) groups is 1. The van der Waals surface area contributed by atoms with Gasteiger partial charge in [-0.1, -0.05) is 0 Å². The monoisotopic (exact) mass is 235 g/mol. The number of nitrogens with two attached hydrogens (primary N) is 1. The second-order valence-electron chi connectivity index (χ2n) is 5.38. The van der Waals surface area contributed by atoms with Crippen LogP contribution in [0, 0.1) is 0 Å². The van der Waals surface area contributed by atoms with Gasteiger partial charge in [0.15, 0.2) is 0 Å². The minimum atomic E-state index is -0.0544. The fourth-order valence-electron chi connectivity index (χ4n) is 1.47. The molecule has 0 bridgehead atoms. The van der Waals surface area contributed by atoms with Crippen molar-refractivity contribution in [2.45, 2.75) is 26.3 Å². The number of benzene rings is 1. The molecule has 1 aromatic carbocycles. The first-order valence-corrected chi connectivity index (χ1v) is 5.60. The molecule has 1 aromatic rings. The third-order valence-corrected chi connectivity index (χ3v) is 2.21. The Morgan fingerprint density at radius 2 is 1.88 bits per heavy atom. The highest BCUT2D eigenvalue weighted by molar-refractivity contribution is 5.95. The second-order valence-corrected chi connectivity index (χ2v) is 5.38. The topological polar surface area (TPSA) is 58.4 Å². The minimum absolute atomic E-state index is 0.0426. The molecule has 0 heterocycles. The summed E-state index contributed by atoms with van der Waals surface area (Å²) in [6, 6.07) is 5.33. The van der Waals surface area contributed by atoms with Gasteiger partial charge in [0.2, 0.25) is 0 Å². The van der Waals surface area contributed by atoms with Gasteiger partial charge in [-0.05, 0) is 39.0 Å². The third-order valence-electron chi connectivity index (χ3n) is 2.21. The van der Waals surface area contributed by atoms with Crippen molar-refractivity contribution in [1.82, 2.24) is 4.90 Å². The predicted octanol–water partition coefficient (Wildman–Crippen LogP) is 2.18. The number of hydrogen-bond acceptors (Lipinski definition) is 3. The summed E-state index contributed by atoms with van der Waals surface area (Å²) in [7, 11) is 3.44. The number of hydrogen-bond donors (Lipinski definition) is 2. The van der Waals surface area contributed by atoms with Crippen LogP contribution in [0.15, 0.2) is 18.2 Å². The van der Waals surface area contributed by atoms with Crippen LogP contribution in [0.25, 0.3) is 0 Å². The Morgan fingerprint density at radius 3 is 2.29 bits per heavy atom. The number of carbonyl (C=O) groups excluding carboxylic acids is 1. The molecule has 0 saturated carbocycles. The SMILES string of the molecule is CN(C)C(=O)c1ccc(NC(C)(C)C)c(N)c1. The molecule has 4 heteroatoms. The van der Waals surface area contributed by atoms with Gasteiger partial charge in [0.1, 0.15) is 0 Å². The molecule has 0 aliphatic rings. The predicted molar refractivity (Wildman–Crippen MR) is 72.2 cm³/mol. The summed E-state index contributed by atoms with van der Waals surface area (Å²) < 4.78 is 0. The number of nitrogens with zero attached hydrogens (tertiary/aromatic N) is 1. The van der Waals surface area contributed by atoms with Crippen molar-refractivity contribution in [2.24, 2.45) is 0 Å². The molecule has 0 spiro atoms. The fourth-order valence-corrected chi connectivity index (χ4v) is 1.47. The molecule has 0 atom stereocenters. The van der Waals surface area contributed by atoms with E-state index >= 15 is 0 Å². The minimum Gasteiger partial charge on any atom is -0.397 e. The molecule has 0 unspecified atom stereocenters. The molecule has 17 heavy (non-hydrogen) atoms. The van der Waals surface area contributed by atoms with Crippen LogP contribution in [-0.2, 0) is 0 Å². The highest BCUT2D eigenvalue weighted by Gasteiger charge is 2.13. The van der Waals surface area contributed by atoms with E-state index in [2.05, 4.69) is 26.1 Å². The van der Waals surface area contributed by atoms with Crippen LogP contribution < -0.4 is 11.1 Å². The van der Waals surface area contributed by atoms with E-state index in [0.29, 0.717) is 11.3 Å². The zero-order valence-electron chi connectivity index (χ0n) is 11.2. The maximum atomic E-state index is 11.7. The summed E-state index contributed by atoms with van der Waals surface area (Å²) in [6.07, 6.45) is 0. The Labute approximate surface area is 103 Å². The Kier molecular flexibility index (Phi) is 3.66. The van der Waals surface area contributed by atoms with E-state index in [1.165, 1.54) is 4.90 Å². The van der Waals surface area contributed by atoms with E-state index < -0.39 is 0 Å². The van der Waals surface area contributed by atoms with Gasteiger partial charge in [-0.25, -0.2) is 0 Å². The Hall–Kier alpha value is -1.71. The van der Waals surface area contributed by atoms with Crippen LogP contribution in [0.1, 0.15) is 31.1 Å². The van der Waals surface area contributed by atoms with Crippen molar-refractivity contribution in [2.75, 3.05) is 25.1 Å². The van der Waals surface area contributed by atoms with Crippen LogP contribution in [0.2, 0.25) is 0 Å². The van der Waals surface area contributed by atoms with Crippen LogP contribution in [0.3, 0.4) is 0 Å². The number of nitrogen functional groups attached to an aromatic ring is 1. The molecule has 0 aliphatic heterocycles. The van der Waals surface area contributed by atoms with Crippen molar-refractivity contribution in [3.8, 4) is 0 Å². The lowest BCUT2D eigenvalue weighted by atomic mass is 10.1. The number of amides is 1. The summed E-state index contributed by atoms with van der Waals surface area (Å²) in [4.78, 5) is 13.3. The van der Waals surface area contributed by atoms with Gasteiger partial charge in [-0.3, -0.25) is 4.79 Å². The zero-order valence-corrected chi connectivity index (χ0v) is 11.2. The number of nitrogens with one attached hydrogen (secondary N) is 1. The maximum absolute atomic E-state index is 11.7. The maximum Gasteiger partial charge on any atom is 0.253 e. The molecule has 4 nitrogen and oxygen atoms in total. The highest BCUT2D eigenvalue weighted by atomic mass is 16.2. The van der Waals surface area contributed by atoms with E-state index in [-0.39, 0.29) is 11.4 Å². The van der Waals surface area contributed by atoms with Gasteiger partial charge in [0.05, 0.1) is 11.4 Å². The lowest BCUT2D eigenvalue weighted by Crippen LogP contribution is -2.27. The van der Waals surface area contributed by atoms with Gasteiger partial charge < -0.3 is 16.0 Å². The van der Waals surface area contributed by atoms with E-state index in [1.807, 2.05) is 6.07 Å². The number of rotatable bonds is 2. The standard InChI is InChI=1S/C13H21N3O/c1-13(2,3)15-11-7-6-9(8-10(11)14)12(17)16(4)5/h6-8,15H,14H2,1-5H3. The van der Waals surface area contributed by atoms with Crippen molar-refractivity contribution in [3.05, 3.63) is 23.8 Å². The Bertz CT molecular complexity index is 419. The van der Waals surface area contributed by atoms with Gasteiger partial charge >= 0.3 is 0 Å². The highest BCUT2D eigenvalue weighted by Crippen LogP contribution is 2.23.